The van der Waals surface area contributed by atoms with Crippen LogP contribution >= 0.6 is 0 Å². The number of hydrogen-bond acceptors (Lipinski definition) is 2. The SMILES string of the molecule is COc1ccc2cc(-c3ccc4c(c3)NCC4)ccc2c1. The highest BCUT2D eigenvalue weighted by molar-refractivity contribution is 5.89. The maximum atomic E-state index is 5.28. The summed E-state index contributed by atoms with van der Waals surface area (Å²) in [5, 5.41) is 5.89. The number of ether oxygens (including phenoxy) is 1. The van der Waals surface area contributed by atoms with Crippen molar-refractivity contribution in [1.82, 2.24) is 0 Å². The standard InChI is InChI=1S/C19H17NO/c1-21-18-7-6-15-10-14(4-5-16(15)11-18)17-3-2-13-8-9-20-19(13)12-17/h2-7,10-12,20H,8-9H2,1H3. The minimum absolute atomic E-state index is 0.900. The number of anilines is 1. The molecule has 1 heterocycles. The molecule has 1 aliphatic rings. The van der Waals surface area contributed by atoms with Crippen LogP contribution in [0.4, 0.5) is 5.69 Å². The largest absolute Gasteiger partial charge is 0.497 e. The molecule has 2 nitrogen and oxygen atoms in total. The molecule has 0 unspecified atom stereocenters. The Morgan fingerprint density at radius 3 is 2.52 bits per heavy atom. The maximum Gasteiger partial charge on any atom is 0.119 e. The molecule has 3 aromatic rings. The first-order valence-corrected chi connectivity index (χ1v) is 7.28. The summed E-state index contributed by atoms with van der Waals surface area (Å²) >= 11 is 0. The number of hydrogen-bond donors (Lipinski definition) is 1. The topological polar surface area (TPSA) is 21.3 Å². The number of nitrogens with one attached hydrogen (secondary N) is 1. The van der Waals surface area contributed by atoms with Gasteiger partial charge in [0.15, 0.2) is 0 Å². The van der Waals surface area contributed by atoms with Crippen LogP contribution in [0.25, 0.3) is 21.9 Å². The molecule has 0 bridgehead atoms. The van der Waals surface area contributed by atoms with E-state index in [9.17, 15) is 0 Å². The molecule has 0 aliphatic carbocycles. The van der Waals surface area contributed by atoms with Gasteiger partial charge in [-0.05, 0) is 58.1 Å². The normalized spacial score (nSPS) is 13.0. The second kappa shape index (κ2) is 4.81. The van der Waals surface area contributed by atoms with Crippen molar-refractivity contribution < 1.29 is 4.74 Å². The molecule has 0 atom stereocenters. The van der Waals surface area contributed by atoms with Crippen molar-refractivity contribution in [3.8, 4) is 16.9 Å². The summed E-state index contributed by atoms with van der Waals surface area (Å²) in [5.41, 5.74) is 5.22. The highest BCUT2D eigenvalue weighted by Gasteiger charge is 2.10. The number of rotatable bonds is 2. The Morgan fingerprint density at radius 2 is 1.62 bits per heavy atom. The van der Waals surface area contributed by atoms with E-state index in [1.54, 1.807) is 7.11 Å². The second-order valence-electron chi connectivity index (χ2n) is 5.48. The van der Waals surface area contributed by atoms with Gasteiger partial charge in [0.1, 0.15) is 5.75 Å². The van der Waals surface area contributed by atoms with Crippen LogP contribution in [-0.2, 0) is 6.42 Å². The molecule has 0 saturated heterocycles. The summed E-state index contributed by atoms with van der Waals surface area (Å²) in [6.07, 6.45) is 1.13. The van der Waals surface area contributed by atoms with E-state index in [1.807, 2.05) is 6.07 Å². The van der Waals surface area contributed by atoms with E-state index in [1.165, 1.54) is 33.2 Å². The first-order valence-electron chi connectivity index (χ1n) is 7.28. The number of benzene rings is 3. The Kier molecular flexibility index (Phi) is 2.81. The molecule has 0 saturated carbocycles. The van der Waals surface area contributed by atoms with E-state index < -0.39 is 0 Å². The molecule has 0 aromatic heterocycles. The highest BCUT2D eigenvalue weighted by atomic mass is 16.5. The summed E-state index contributed by atoms with van der Waals surface area (Å²) in [5.74, 6) is 0.900. The first kappa shape index (κ1) is 12.3. The van der Waals surface area contributed by atoms with Crippen molar-refractivity contribution in [3.05, 3.63) is 60.2 Å². The molecule has 1 aliphatic heterocycles. The molecule has 2 heteroatoms. The van der Waals surface area contributed by atoms with Gasteiger partial charge in [0, 0.05) is 12.2 Å². The molecule has 0 radical (unpaired) electrons. The third-order valence-corrected chi connectivity index (χ3v) is 4.20. The lowest BCUT2D eigenvalue weighted by atomic mass is 9.99. The molecule has 0 fully saturated rings. The molecule has 104 valence electrons. The second-order valence-corrected chi connectivity index (χ2v) is 5.48. The highest BCUT2D eigenvalue weighted by Crippen LogP contribution is 2.31. The number of fused-ring (bicyclic) bond motifs is 2. The van der Waals surface area contributed by atoms with Gasteiger partial charge in [-0.15, -0.1) is 0 Å². The first-order chi connectivity index (χ1) is 10.3. The van der Waals surface area contributed by atoms with Crippen molar-refractivity contribution in [2.24, 2.45) is 0 Å². The van der Waals surface area contributed by atoms with Crippen molar-refractivity contribution >= 4 is 16.5 Å². The monoisotopic (exact) mass is 275 g/mol. The molecule has 0 spiro atoms. The molecule has 4 rings (SSSR count). The van der Waals surface area contributed by atoms with Gasteiger partial charge in [0.2, 0.25) is 0 Å². The lowest BCUT2D eigenvalue weighted by Crippen LogP contribution is -1.91. The minimum atomic E-state index is 0.900. The van der Waals surface area contributed by atoms with Gasteiger partial charge in [-0.3, -0.25) is 0 Å². The predicted molar refractivity (Wildman–Crippen MR) is 88.1 cm³/mol. The summed E-state index contributed by atoms with van der Waals surface area (Å²) in [6, 6.07) is 19.5. The van der Waals surface area contributed by atoms with E-state index >= 15 is 0 Å². The fraction of sp³-hybridized carbons (Fsp3) is 0.158. The van der Waals surface area contributed by atoms with E-state index in [0.29, 0.717) is 0 Å². The lowest BCUT2D eigenvalue weighted by molar-refractivity contribution is 0.415. The average Bonchev–Trinajstić information content (AvgIpc) is 3.01. The van der Waals surface area contributed by atoms with Crippen molar-refractivity contribution in [2.45, 2.75) is 6.42 Å². The molecule has 1 N–H and O–H groups in total. The molecular formula is C19H17NO. The Labute approximate surface area is 124 Å². The van der Waals surface area contributed by atoms with Gasteiger partial charge >= 0.3 is 0 Å². The minimum Gasteiger partial charge on any atom is -0.497 e. The summed E-state index contributed by atoms with van der Waals surface area (Å²) in [6.45, 7) is 1.05. The van der Waals surface area contributed by atoms with Crippen LogP contribution in [0.15, 0.2) is 54.6 Å². The average molecular weight is 275 g/mol. The third kappa shape index (κ3) is 2.13. The van der Waals surface area contributed by atoms with E-state index in [2.05, 4.69) is 53.8 Å². The zero-order chi connectivity index (χ0) is 14.2. The number of methoxy groups -OCH3 is 1. The smallest absolute Gasteiger partial charge is 0.119 e. The van der Waals surface area contributed by atoms with Crippen molar-refractivity contribution in [2.75, 3.05) is 19.0 Å². The fourth-order valence-electron chi connectivity index (χ4n) is 3.00. The van der Waals surface area contributed by atoms with Crippen molar-refractivity contribution in [1.29, 1.82) is 0 Å². The molecule has 3 aromatic carbocycles. The summed E-state index contributed by atoms with van der Waals surface area (Å²) in [4.78, 5) is 0. The van der Waals surface area contributed by atoms with Crippen LogP contribution in [-0.4, -0.2) is 13.7 Å². The predicted octanol–water partition coefficient (Wildman–Crippen LogP) is 4.48. The quantitative estimate of drug-likeness (QED) is 0.744. The molecule has 21 heavy (non-hydrogen) atoms. The van der Waals surface area contributed by atoms with Gasteiger partial charge in [-0.2, -0.15) is 0 Å². The Hall–Kier alpha value is -2.48. The third-order valence-electron chi connectivity index (χ3n) is 4.20. The van der Waals surface area contributed by atoms with Crippen LogP contribution in [0, 0.1) is 0 Å². The maximum absolute atomic E-state index is 5.28. The van der Waals surface area contributed by atoms with E-state index in [-0.39, 0.29) is 0 Å². The van der Waals surface area contributed by atoms with Gasteiger partial charge in [-0.25, -0.2) is 0 Å². The van der Waals surface area contributed by atoms with E-state index in [0.717, 1.165) is 18.7 Å². The lowest BCUT2D eigenvalue weighted by Gasteiger charge is -2.08. The van der Waals surface area contributed by atoms with Crippen LogP contribution in [0.5, 0.6) is 5.75 Å². The zero-order valence-corrected chi connectivity index (χ0v) is 12.0. The molecule has 0 amide bonds. The summed E-state index contributed by atoms with van der Waals surface area (Å²) < 4.78 is 5.28. The Balaban J connectivity index is 1.80. The fourth-order valence-corrected chi connectivity index (χ4v) is 3.00. The Bertz CT molecular complexity index is 823. The van der Waals surface area contributed by atoms with Gasteiger partial charge in [0.25, 0.3) is 0 Å². The Morgan fingerprint density at radius 1 is 0.857 bits per heavy atom. The summed E-state index contributed by atoms with van der Waals surface area (Å²) in [7, 11) is 1.70. The van der Waals surface area contributed by atoms with Crippen LogP contribution < -0.4 is 10.1 Å². The van der Waals surface area contributed by atoms with Gasteiger partial charge in [-0.1, -0.05) is 30.3 Å². The van der Waals surface area contributed by atoms with Crippen LogP contribution in [0.3, 0.4) is 0 Å². The zero-order valence-electron chi connectivity index (χ0n) is 12.0. The van der Waals surface area contributed by atoms with E-state index in [4.69, 9.17) is 4.74 Å². The van der Waals surface area contributed by atoms with Crippen molar-refractivity contribution in [3.63, 3.8) is 0 Å². The van der Waals surface area contributed by atoms with Crippen LogP contribution in [0.1, 0.15) is 5.56 Å². The van der Waals surface area contributed by atoms with Gasteiger partial charge in [0.05, 0.1) is 7.11 Å². The van der Waals surface area contributed by atoms with Crippen LogP contribution in [0.2, 0.25) is 0 Å². The molecular weight excluding hydrogens is 258 g/mol. The van der Waals surface area contributed by atoms with Gasteiger partial charge < -0.3 is 10.1 Å².